The van der Waals surface area contributed by atoms with Crippen LogP contribution in [0.5, 0.6) is 0 Å². The summed E-state index contributed by atoms with van der Waals surface area (Å²) in [6.07, 6.45) is 6.16. The summed E-state index contributed by atoms with van der Waals surface area (Å²) >= 11 is 0. The molecule has 0 aromatic carbocycles. The minimum atomic E-state index is 0. The van der Waals surface area contributed by atoms with Gasteiger partial charge in [0, 0.05) is 19.1 Å². The van der Waals surface area contributed by atoms with Gasteiger partial charge in [-0.2, -0.15) is 0 Å². The molecule has 0 saturated carbocycles. The van der Waals surface area contributed by atoms with Crippen molar-refractivity contribution in [3.63, 3.8) is 0 Å². The van der Waals surface area contributed by atoms with Gasteiger partial charge in [0.05, 0.1) is 6.54 Å². The molecule has 2 heterocycles. The average Bonchev–Trinajstić information content (AvgIpc) is 2.40. The largest absolute Gasteiger partial charge is 0.339 e. The number of hydrogen-bond acceptors (Lipinski definition) is 3. The number of rotatable bonds is 4. The highest BCUT2D eigenvalue weighted by atomic mass is 35.5. The molecule has 0 aliphatic carbocycles. The number of hydrogen-bond donors (Lipinski definition) is 1. The van der Waals surface area contributed by atoms with Gasteiger partial charge in [0.2, 0.25) is 5.91 Å². The first-order valence-corrected chi connectivity index (χ1v) is 7.87. The average molecular weight is 304 g/mol. The molecule has 2 aliphatic rings. The Morgan fingerprint density at radius 2 is 2.00 bits per heavy atom. The lowest BCUT2D eigenvalue weighted by molar-refractivity contribution is -0.136. The molecule has 2 aliphatic heterocycles. The number of amides is 1. The third kappa shape index (κ3) is 4.90. The second kappa shape index (κ2) is 8.85. The zero-order valence-electron chi connectivity index (χ0n) is 12.9. The lowest BCUT2D eigenvalue weighted by Crippen LogP contribution is -2.49. The molecule has 20 heavy (non-hydrogen) atoms. The molecule has 4 nitrogen and oxygen atoms in total. The van der Waals surface area contributed by atoms with Crippen molar-refractivity contribution < 1.29 is 4.79 Å². The van der Waals surface area contributed by atoms with E-state index in [-0.39, 0.29) is 12.4 Å². The van der Waals surface area contributed by atoms with Crippen molar-refractivity contribution in [1.82, 2.24) is 15.1 Å². The number of carbonyl (C=O) groups is 1. The van der Waals surface area contributed by atoms with Gasteiger partial charge in [-0.05, 0) is 65.1 Å². The van der Waals surface area contributed by atoms with E-state index in [9.17, 15) is 4.79 Å². The van der Waals surface area contributed by atoms with Gasteiger partial charge in [-0.1, -0.05) is 0 Å². The fourth-order valence-corrected chi connectivity index (χ4v) is 3.50. The summed E-state index contributed by atoms with van der Waals surface area (Å²) in [5.74, 6) is 1.06. The zero-order valence-corrected chi connectivity index (χ0v) is 13.8. The van der Waals surface area contributed by atoms with E-state index in [0.717, 1.165) is 26.2 Å². The maximum Gasteiger partial charge on any atom is 0.236 e. The molecule has 2 rings (SSSR count). The molecular weight excluding hydrogens is 274 g/mol. The van der Waals surface area contributed by atoms with E-state index in [4.69, 9.17) is 0 Å². The van der Waals surface area contributed by atoms with Crippen molar-refractivity contribution in [3.05, 3.63) is 0 Å². The third-order valence-corrected chi connectivity index (χ3v) is 4.58. The Labute approximate surface area is 129 Å². The fourth-order valence-electron chi connectivity index (χ4n) is 3.50. The second-order valence-corrected chi connectivity index (χ2v) is 6.23. The van der Waals surface area contributed by atoms with Gasteiger partial charge in [0.15, 0.2) is 0 Å². The van der Waals surface area contributed by atoms with E-state index in [1.807, 2.05) is 7.05 Å². The van der Waals surface area contributed by atoms with E-state index in [0.29, 0.717) is 24.4 Å². The minimum absolute atomic E-state index is 0. The predicted octanol–water partition coefficient (Wildman–Crippen LogP) is 1.74. The summed E-state index contributed by atoms with van der Waals surface area (Å²) in [6, 6.07) is 0.444. The SMILES string of the molecule is CNCC1CCCN(CC(=O)N2CCCCC2C)C1.Cl. The van der Waals surface area contributed by atoms with E-state index < -0.39 is 0 Å². The van der Waals surface area contributed by atoms with Gasteiger partial charge >= 0.3 is 0 Å². The number of likely N-dealkylation sites (tertiary alicyclic amines) is 2. The van der Waals surface area contributed by atoms with Crippen molar-refractivity contribution in [3.8, 4) is 0 Å². The molecule has 2 atom stereocenters. The van der Waals surface area contributed by atoms with E-state index in [1.54, 1.807) is 0 Å². The molecule has 0 aromatic heterocycles. The van der Waals surface area contributed by atoms with E-state index in [1.165, 1.54) is 32.1 Å². The quantitative estimate of drug-likeness (QED) is 0.859. The van der Waals surface area contributed by atoms with Crippen molar-refractivity contribution in [2.75, 3.05) is 39.8 Å². The molecule has 0 aromatic rings. The molecule has 2 saturated heterocycles. The van der Waals surface area contributed by atoms with Crippen molar-refractivity contribution in [2.24, 2.45) is 5.92 Å². The van der Waals surface area contributed by atoms with Crippen LogP contribution in [-0.2, 0) is 4.79 Å². The van der Waals surface area contributed by atoms with Crippen LogP contribution in [0.15, 0.2) is 0 Å². The van der Waals surface area contributed by atoms with Gasteiger partial charge in [-0.15, -0.1) is 12.4 Å². The van der Waals surface area contributed by atoms with Gasteiger partial charge in [-0.25, -0.2) is 0 Å². The summed E-state index contributed by atoms with van der Waals surface area (Å²) < 4.78 is 0. The number of nitrogens with one attached hydrogen (secondary N) is 1. The van der Waals surface area contributed by atoms with Crippen LogP contribution in [0.25, 0.3) is 0 Å². The van der Waals surface area contributed by atoms with E-state index in [2.05, 4.69) is 22.0 Å². The van der Waals surface area contributed by atoms with Gasteiger partial charge in [0.1, 0.15) is 0 Å². The van der Waals surface area contributed by atoms with Crippen LogP contribution in [0.3, 0.4) is 0 Å². The molecule has 0 bridgehead atoms. The highest BCUT2D eigenvalue weighted by Gasteiger charge is 2.26. The highest BCUT2D eigenvalue weighted by molar-refractivity contribution is 5.85. The minimum Gasteiger partial charge on any atom is -0.339 e. The molecule has 2 unspecified atom stereocenters. The lowest BCUT2D eigenvalue weighted by atomic mass is 9.98. The van der Waals surface area contributed by atoms with Crippen LogP contribution in [-0.4, -0.2) is 61.5 Å². The summed E-state index contributed by atoms with van der Waals surface area (Å²) in [5.41, 5.74) is 0. The molecule has 0 radical (unpaired) electrons. The standard InChI is InChI=1S/C15H29N3O.ClH/c1-13-6-3-4-9-18(13)15(19)12-17-8-5-7-14(11-17)10-16-2;/h13-14,16H,3-12H2,1-2H3;1H. The predicted molar refractivity (Wildman–Crippen MR) is 85.4 cm³/mol. The molecule has 5 heteroatoms. The van der Waals surface area contributed by atoms with Crippen LogP contribution in [0.4, 0.5) is 0 Å². The number of carbonyl (C=O) groups excluding carboxylic acids is 1. The third-order valence-electron chi connectivity index (χ3n) is 4.58. The van der Waals surface area contributed by atoms with Gasteiger partial charge in [-0.3, -0.25) is 9.69 Å². The topological polar surface area (TPSA) is 35.6 Å². The Kier molecular flexibility index (Phi) is 7.85. The zero-order chi connectivity index (χ0) is 13.7. The smallest absolute Gasteiger partial charge is 0.236 e. The number of nitrogens with zero attached hydrogens (tertiary/aromatic N) is 2. The summed E-state index contributed by atoms with van der Waals surface area (Å²) in [6.45, 7) is 7.03. The summed E-state index contributed by atoms with van der Waals surface area (Å²) in [5, 5.41) is 3.26. The highest BCUT2D eigenvalue weighted by Crippen LogP contribution is 2.19. The lowest BCUT2D eigenvalue weighted by Gasteiger charge is -2.37. The van der Waals surface area contributed by atoms with Crippen LogP contribution < -0.4 is 5.32 Å². The maximum atomic E-state index is 12.4. The second-order valence-electron chi connectivity index (χ2n) is 6.23. The Balaban J connectivity index is 0.00000200. The van der Waals surface area contributed by atoms with Gasteiger partial charge < -0.3 is 10.2 Å². The summed E-state index contributed by atoms with van der Waals surface area (Å²) in [7, 11) is 2.01. The molecule has 1 amide bonds. The van der Waals surface area contributed by atoms with Crippen LogP contribution in [0.1, 0.15) is 39.0 Å². The first-order chi connectivity index (χ1) is 9.20. The van der Waals surface area contributed by atoms with Crippen molar-refractivity contribution in [1.29, 1.82) is 0 Å². The molecule has 0 spiro atoms. The molecule has 1 N–H and O–H groups in total. The first kappa shape index (κ1) is 17.7. The van der Waals surface area contributed by atoms with Crippen molar-refractivity contribution in [2.45, 2.75) is 45.1 Å². The Morgan fingerprint density at radius 3 is 2.70 bits per heavy atom. The van der Waals surface area contributed by atoms with Crippen LogP contribution in [0, 0.1) is 5.92 Å². The van der Waals surface area contributed by atoms with Gasteiger partial charge in [0.25, 0.3) is 0 Å². The summed E-state index contributed by atoms with van der Waals surface area (Å²) in [4.78, 5) is 16.9. The molecule has 118 valence electrons. The van der Waals surface area contributed by atoms with Crippen molar-refractivity contribution >= 4 is 18.3 Å². The first-order valence-electron chi connectivity index (χ1n) is 7.87. The maximum absolute atomic E-state index is 12.4. The Bertz CT molecular complexity index is 299. The van der Waals surface area contributed by atoms with Crippen LogP contribution >= 0.6 is 12.4 Å². The number of piperidine rings is 2. The fraction of sp³-hybridized carbons (Fsp3) is 0.933. The monoisotopic (exact) mass is 303 g/mol. The Hall–Kier alpha value is -0.320. The Morgan fingerprint density at radius 1 is 1.20 bits per heavy atom. The molecular formula is C15H30ClN3O. The van der Waals surface area contributed by atoms with E-state index >= 15 is 0 Å². The normalized spacial score (nSPS) is 28.0. The molecule has 2 fully saturated rings. The van der Waals surface area contributed by atoms with Crippen LogP contribution in [0.2, 0.25) is 0 Å². The number of halogens is 1.